The number of benzene rings is 2. The maximum atomic E-state index is 10.3. The van der Waals surface area contributed by atoms with Crippen molar-refractivity contribution in [2.45, 2.75) is 6.10 Å². The number of furan rings is 1. The molecule has 4 aromatic rings. The minimum Gasteiger partial charge on any atom is -0.450 e. The maximum Gasteiger partial charge on any atom is 0.196 e. The van der Waals surface area contributed by atoms with Crippen molar-refractivity contribution in [2.75, 3.05) is 11.9 Å². The predicted molar refractivity (Wildman–Crippen MR) is 94.2 cm³/mol. The number of hydrogen-bond donors (Lipinski definition) is 2. The second kappa shape index (κ2) is 6.11. The first-order valence-corrected chi connectivity index (χ1v) is 7.90. The molecule has 1 atom stereocenters. The molecule has 2 aromatic carbocycles. The van der Waals surface area contributed by atoms with Crippen LogP contribution in [-0.2, 0) is 0 Å². The molecule has 5 nitrogen and oxygen atoms in total. The molecule has 0 fully saturated rings. The minimum atomic E-state index is -0.684. The van der Waals surface area contributed by atoms with Gasteiger partial charge in [-0.3, -0.25) is 0 Å². The summed E-state index contributed by atoms with van der Waals surface area (Å²) in [5.41, 5.74) is 2.88. The number of anilines is 1. The summed E-state index contributed by atoms with van der Waals surface area (Å²) >= 11 is 5.87. The van der Waals surface area contributed by atoms with Crippen LogP contribution in [0.2, 0.25) is 5.02 Å². The number of aliphatic hydroxyl groups excluding tert-OH is 1. The van der Waals surface area contributed by atoms with Crippen LogP contribution in [0.15, 0.2) is 59.3 Å². The van der Waals surface area contributed by atoms with Crippen molar-refractivity contribution in [3.8, 4) is 0 Å². The first-order chi connectivity index (χ1) is 11.7. The fourth-order valence-electron chi connectivity index (χ4n) is 2.65. The van der Waals surface area contributed by atoms with Gasteiger partial charge in [-0.05, 0) is 29.8 Å². The Hall–Kier alpha value is -2.63. The van der Waals surface area contributed by atoms with Crippen molar-refractivity contribution < 1.29 is 9.52 Å². The van der Waals surface area contributed by atoms with E-state index < -0.39 is 6.10 Å². The summed E-state index contributed by atoms with van der Waals surface area (Å²) in [5.74, 6) is 0.559. The summed E-state index contributed by atoms with van der Waals surface area (Å²) in [4.78, 5) is 8.54. The standard InChI is InChI=1S/C18H14ClN3O2/c19-12-7-5-11(6-8-12)14(23)9-20-18-17-16(21-10-22-18)13-3-1-2-4-15(13)24-17/h1-8,10,14,23H,9H2,(H,20,21,22). The summed E-state index contributed by atoms with van der Waals surface area (Å²) in [6, 6.07) is 14.8. The third kappa shape index (κ3) is 2.68. The van der Waals surface area contributed by atoms with E-state index in [9.17, 15) is 5.11 Å². The van der Waals surface area contributed by atoms with E-state index in [2.05, 4.69) is 15.3 Å². The van der Waals surface area contributed by atoms with Gasteiger partial charge in [-0.25, -0.2) is 9.97 Å². The lowest BCUT2D eigenvalue weighted by atomic mass is 10.1. The molecule has 2 heterocycles. The SMILES string of the molecule is OC(CNc1ncnc2c1oc1ccccc12)c1ccc(Cl)cc1. The van der Waals surface area contributed by atoms with Crippen LogP contribution in [0.4, 0.5) is 5.82 Å². The van der Waals surface area contributed by atoms with Gasteiger partial charge in [0.15, 0.2) is 11.4 Å². The zero-order valence-electron chi connectivity index (χ0n) is 12.6. The van der Waals surface area contributed by atoms with E-state index in [1.165, 1.54) is 6.33 Å². The molecular weight excluding hydrogens is 326 g/mol. The van der Waals surface area contributed by atoms with Crippen LogP contribution in [0.1, 0.15) is 11.7 Å². The molecular formula is C18H14ClN3O2. The molecule has 0 amide bonds. The van der Waals surface area contributed by atoms with Crippen LogP contribution in [0.5, 0.6) is 0 Å². The van der Waals surface area contributed by atoms with Crippen molar-refractivity contribution in [3.63, 3.8) is 0 Å². The lowest BCUT2D eigenvalue weighted by Crippen LogP contribution is -2.13. The van der Waals surface area contributed by atoms with Gasteiger partial charge >= 0.3 is 0 Å². The largest absolute Gasteiger partial charge is 0.450 e. The number of nitrogens with zero attached hydrogens (tertiary/aromatic N) is 2. The molecule has 0 saturated carbocycles. The second-order valence-corrected chi connectivity index (χ2v) is 5.88. The molecule has 0 spiro atoms. The van der Waals surface area contributed by atoms with E-state index in [0.29, 0.717) is 23.0 Å². The number of para-hydroxylation sites is 1. The molecule has 1 unspecified atom stereocenters. The van der Waals surface area contributed by atoms with Gasteiger partial charge in [-0.15, -0.1) is 0 Å². The van der Waals surface area contributed by atoms with E-state index in [1.54, 1.807) is 24.3 Å². The average molecular weight is 340 g/mol. The molecule has 4 rings (SSSR count). The number of aromatic nitrogens is 2. The van der Waals surface area contributed by atoms with Crippen molar-refractivity contribution >= 4 is 39.5 Å². The minimum absolute atomic E-state index is 0.296. The van der Waals surface area contributed by atoms with Gasteiger partial charge in [0.25, 0.3) is 0 Å². The lowest BCUT2D eigenvalue weighted by molar-refractivity contribution is 0.191. The highest BCUT2D eigenvalue weighted by atomic mass is 35.5. The van der Waals surface area contributed by atoms with Gasteiger partial charge in [0, 0.05) is 17.0 Å². The number of nitrogens with one attached hydrogen (secondary N) is 1. The summed E-state index contributed by atoms with van der Waals surface area (Å²) < 4.78 is 5.85. The first kappa shape index (κ1) is 14.9. The van der Waals surface area contributed by atoms with Crippen LogP contribution >= 0.6 is 11.6 Å². The quantitative estimate of drug-likeness (QED) is 0.583. The average Bonchev–Trinajstić information content (AvgIpc) is 2.99. The van der Waals surface area contributed by atoms with Crippen LogP contribution in [-0.4, -0.2) is 21.6 Å². The molecule has 24 heavy (non-hydrogen) atoms. The highest BCUT2D eigenvalue weighted by Gasteiger charge is 2.14. The monoisotopic (exact) mass is 339 g/mol. The normalized spacial score (nSPS) is 12.6. The van der Waals surface area contributed by atoms with E-state index >= 15 is 0 Å². The predicted octanol–water partition coefficient (Wildman–Crippen LogP) is 4.17. The van der Waals surface area contributed by atoms with Gasteiger partial charge < -0.3 is 14.8 Å². The molecule has 0 aliphatic rings. The Morgan fingerprint density at radius 3 is 2.71 bits per heavy atom. The van der Waals surface area contributed by atoms with Crippen LogP contribution < -0.4 is 5.32 Å². The molecule has 0 radical (unpaired) electrons. The Morgan fingerprint density at radius 1 is 1.08 bits per heavy atom. The van der Waals surface area contributed by atoms with Crippen molar-refractivity contribution in [1.82, 2.24) is 9.97 Å². The molecule has 0 saturated heterocycles. The molecule has 0 bridgehead atoms. The molecule has 2 aromatic heterocycles. The number of aliphatic hydroxyl groups is 1. The highest BCUT2D eigenvalue weighted by molar-refractivity contribution is 6.30. The molecule has 2 N–H and O–H groups in total. The van der Waals surface area contributed by atoms with Crippen molar-refractivity contribution in [3.05, 3.63) is 65.4 Å². The summed E-state index contributed by atoms with van der Waals surface area (Å²) in [6.45, 7) is 0.296. The molecule has 0 aliphatic carbocycles. The van der Waals surface area contributed by atoms with E-state index in [0.717, 1.165) is 22.0 Å². The van der Waals surface area contributed by atoms with Crippen LogP contribution in [0.25, 0.3) is 22.1 Å². The highest BCUT2D eigenvalue weighted by Crippen LogP contribution is 2.30. The summed E-state index contributed by atoms with van der Waals surface area (Å²) in [6.07, 6.45) is 0.804. The number of rotatable bonds is 4. The molecule has 0 aliphatic heterocycles. The van der Waals surface area contributed by atoms with Gasteiger partial charge in [-0.1, -0.05) is 35.9 Å². The van der Waals surface area contributed by atoms with Gasteiger partial charge in [0.1, 0.15) is 17.4 Å². The topological polar surface area (TPSA) is 71.2 Å². The first-order valence-electron chi connectivity index (χ1n) is 7.52. The fraction of sp³-hybridized carbons (Fsp3) is 0.111. The Bertz CT molecular complexity index is 998. The van der Waals surface area contributed by atoms with E-state index in [1.807, 2.05) is 24.3 Å². The maximum absolute atomic E-state index is 10.3. The zero-order valence-corrected chi connectivity index (χ0v) is 13.4. The van der Waals surface area contributed by atoms with Crippen molar-refractivity contribution in [1.29, 1.82) is 0 Å². The fourth-order valence-corrected chi connectivity index (χ4v) is 2.77. The summed E-state index contributed by atoms with van der Waals surface area (Å²) in [5, 5.41) is 15.0. The van der Waals surface area contributed by atoms with Gasteiger partial charge in [-0.2, -0.15) is 0 Å². The Kier molecular flexibility index (Phi) is 3.80. The Labute approximate surface area is 142 Å². The third-order valence-electron chi connectivity index (χ3n) is 3.88. The Balaban J connectivity index is 1.61. The Morgan fingerprint density at radius 2 is 1.88 bits per heavy atom. The number of fused-ring (bicyclic) bond motifs is 3. The summed E-state index contributed by atoms with van der Waals surface area (Å²) in [7, 11) is 0. The second-order valence-electron chi connectivity index (χ2n) is 5.45. The lowest BCUT2D eigenvalue weighted by Gasteiger charge is -2.12. The smallest absolute Gasteiger partial charge is 0.196 e. The van der Waals surface area contributed by atoms with Crippen molar-refractivity contribution in [2.24, 2.45) is 0 Å². The zero-order chi connectivity index (χ0) is 16.5. The van der Waals surface area contributed by atoms with E-state index in [-0.39, 0.29) is 0 Å². The molecule has 120 valence electrons. The van der Waals surface area contributed by atoms with Gasteiger partial charge in [0.05, 0.1) is 6.10 Å². The number of halogens is 1. The van der Waals surface area contributed by atoms with E-state index in [4.69, 9.17) is 16.0 Å². The molecule has 6 heteroatoms. The number of hydrogen-bond acceptors (Lipinski definition) is 5. The van der Waals surface area contributed by atoms with Crippen LogP contribution in [0, 0.1) is 0 Å². The van der Waals surface area contributed by atoms with Crippen LogP contribution in [0.3, 0.4) is 0 Å². The third-order valence-corrected chi connectivity index (χ3v) is 4.13. The van der Waals surface area contributed by atoms with Gasteiger partial charge in [0.2, 0.25) is 0 Å².